The van der Waals surface area contributed by atoms with Gasteiger partial charge in [0.2, 0.25) is 5.91 Å². The number of carbonyl (C=O) groups excluding carboxylic acids is 1. The van der Waals surface area contributed by atoms with Crippen molar-refractivity contribution < 1.29 is 9.53 Å². The number of unbranched alkanes of at least 4 members (excludes halogenated alkanes) is 1. The summed E-state index contributed by atoms with van der Waals surface area (Å²) in [6, 6.07) is 15.9. The number of nitrogens with one attached hydrogen (secondary N) is 2. The van der Waals surface area contributed by atoms with E-state index in [0.29, 0.717) is 47.4 Å². The number of aromatic nitrogens is 3. The van der Waals surface area contributed by atoms with Crippen LogP contribution in [0.2, 0.25) is 0 Å². The lowest BCUT2D eigenvalue weighted by Gasteiger charge is -2.36. The number of nitrogens with zero attached hydrogens (tertiary/aromatic N) is 3. The molecule has 2 aromatic carbocycles. The first-order valence-electron chi connectivity index (χ1n) is 12.0. The molecule has 0 bridgehead atoms. The zero-order valence-corrected chi connectivity index (χ0v) is 20.6. The molecule has 2 N–H and O–H groups in total. The number of hydrogen-bond donors (Lipinski definition) is 2. The molecule has 0 saturated carbocycles. The molecule has 1 saturated heterocycles. The Balaban J connectivity index is 1.18. The largest absolute Gasteiger partial charge is 0.497 e. The van der Waals surface area contributed by atoms with Crippen molar-refractivity contribution in [2.75, 3.05) is 38.2 Å². The average molecular weight is 492 g/mol. The molecular formula is C26H29N5O3S. The van der Waals surface area contributed by atoms with Crippen LogP contribution < -0.4 is 15.2 Å². The van der Waals surface area contributed by atoms with Gasteiger partial charge in [0.15, 0.2) is 4.77 Å². The third kappa shape index (κ3) is 4.68. The van der Waals surface area contributed by atoms with Crippen molar-refractivity contribution in [3.8, 4) is 5.75 Å². The smallest absolute Gasteiger partial charge is 0.278 e. The number of ether oxygens (including phenoxy) is 1. The minimum atomic E-state index is -0.151. The van der Waals surface area contributed by atoms with Crippen molar-refractivity contribution in [3.63, 3.8) is 0 Å². The van der Waals surface area contributed by atoms with Crippen molar-refractivity contribution in [3.05, 3.63) is 63.7 Å². The quantitative estimate of drug-likeness (QED) is 0.301. The summed E-state index contributed by atoms with van der Waals surface area (Å²) >= 11 is 5.49. The maximum absolute atomic E-state index is 13.1. The van der Waals surface area contributed by atoms with Gasteiger partial charge in [0.05, 0.1) is 12.6 Å². The maximum Gasteiger partial charge on any atom is 0.278 e. The number of para-hydroxylation sites is 1. The van der Waals surface area contributed by atoms with Crippen molar-refractivity contribution >= 4 is 45.7 Å². The molecule has 4 aromatic rings. The van der Waals surface area contributed by atoms with E-state index >= 15 is 0 Å². The number of rotatable bonds is 7. The van der Waals surface area contributed by atoms with Crippen LogP contribution in [-0.2, 0) is 11.3 Å². The summed E-state index contributed by atoms with van der Waals surface area (Å²) < 4.78 is 7.27. The highest BCUT2D eigenvalue weighted by atomic mass is 32.1. The average Bonchev–Trinajstić information content (AvgIpc) is 3.26. The van der Waals surface area contributed by atoms with Crippen LogP contribution in [0.4, 0.5) is 5.69 Å². The molecule has 5 rings (SSSR count). The number of hydrogen-bond acceptors (Lipinski definition) is 5. The van der Waals surface area contributed by atoms with Crippen LogP contribution in [0.5, 0.6) is 5.75 Å². The first-order valence-corrected chi connectivity index (χ1v) is 12.4. The Bertz CT molecular complexity index is 1470. The molecule has 2 aromatic heterocycles. The van der Waals surface area contributed by atoms with Crippen LogP contribution in [0.15, 0.2) is 53.3 Å². The lowest BCUT2D eigenvalue weighted by molar-refractivity contribution is -0.131. The second-order valence-electron chi connectivity index (χ2n) is 8.83. The fourth-order valence-corrected chi connectivity index (χ4v) is 5.03. The molecule has 8 nitrogen and oxygen atoms in total. The minimum absolute atomic E-state index is 0.151. The van der Waals surface area contributed by atoms with Crippen molar-refractivity contribution in [2.45, 2.75) is 25.8 Å². The zero-order chi connectivity index (χ0) is 24.4. The number of benzene rings is 2. The van der Waals surface area contributed by atoms with E-state index in [1.165, 1.54) is 5.69 Å². The predicted molar refractivity (Wildman–Crippen MR) is 141 cm³/mol. The summed E-state index contributed by atoms with van der Waals surface area (Å²) in [5.74, 6) is 0.892. The lowest BCUT2D eigenvalue weighted by atomic mass is 10.2. The highest BCUT2D eigenvalue weighted by Crippen LogP contribution is 2.26. The molecular weight excluding hydrogens is 462 g/mol. The Morgan fingerprint density at radius 1 is 1.00 bits per heavy atom. The monoisotopic (exact) mass is 491 g/mol. The summed E-state index contributed by atoms with van der Waals surface area (Å²) in [5, 5.41) is 0.868. The van der Waals surface area contributed by atoms with E-state index in [1.807, 2.05) is 41.3 Å². The van der Waals surface area contributed by atoms with Crippen LogP contribution in [0, 0.1) is 4.77 Å². The summed E-state index contributed by atoms with van der Waals surface area (Å²) in [4.78, 5) is 36.5. The van der Waals surface area contributed by atoms with Gasteiger partial charge >= 0.3 is 0 Å². The van der Waals surface area contributed by atoms with Crippen molar-refractivity contribution in [2.24, 2.45) is 0 Å². The van der Waals surface area contributed by atoms with Gasteiger partial charge in [0.25, 0.3) is 5.56 Å². The highest BCUT2D eigenvalue weighted by Gasteiger charge is 2.21. The number of carbonyl (C=O) groups is 1. The van der Waals surface area contributed by atoms with E-state index in [4.69, 9.17) is 17.0 Å². The molecule has 35 heavy (non-hydrogen) atoms. The van der Waals surface area contributed by atoms with Crippen molar-refractivity contribution in [1.29, 1.82) is 0 Å². The Hall–Kier alpha value is -3.59. The third-order valence-corrected chi connectivity index (χ3v) is 7.04. The molecule has 1 amide bonds. The first kappa shape index (κ1) is 23.2. The number of piperazine rings is 1. The number of H-pyrrole nitrogens is 2. The molecule has 1 fully saturated rings. The van der Waals surface area contributed by atoms with E-state index < -0.39 is 0 Å². The number of methoxy groups -OCH3 is 1. The number of aromatic amines is 2. The summed E-state index contributed by atoms with van der Waals surface area (Å²) in [6.07, 6.45) is 1.89. The molecule has 9 heteroatoms. The number of anilines is 1. The molecule has 0 unspecified atom stereocenters. The summed E-state index contributed by atoms with van der Waals surface area (Å²) in [5.41, 5.74) is 3.08. The van der Waals surface area contributed by atoms with E-state index in [0.717, 1.165) is 37.1 Å². The minimum Gasteiger partial charge on any atom is -0.497 e. The van der Waals surface area contributed by atoms with Crippen LogP contribution in [0.3, 0.4) is 0 Å². The molecule has 0 radical (unpaired) electrons. The number of fused-ring (bicyclic) bond motifs is 3. The SMILES string of the molecule is COc1ccc2[nH]c3c(=O)n(CCCCC(=O)N4CCN(c5ccccc5)CC4)c(=S)[nH]c3c2c1. The predicted octanol–water partition coefficient (Wildman–Crippen LogP) is 4.07. The molecule has 1 aliphatic rings. The maximum atomic E-state index is 13.1. The van der Waals surface area contributed by atoms with Gasteiger partial charge in [-0.1, -0.05) is 18.2 Å². The van der Waals surface area contributed by atoms with Gasteiger partial charge in [0, 0.05) is 55.7 Å². The van der Waals surface area contributed by atoms with E-state index in [1.54, 1.807) is 11.7 Å². The Morgan fingerprint density at radius 2 is 1.77 bits per heavy atom. The molecule has 0 aliphatic carbocycles. The van der Waals surface area contributed by atoms with Crippen LogP contribution in [0.25, 0.3) is 21.9 Å². The molecule has 1 aliphatic heterocycles. The second kappa shape index (κ2) is 9.95. The van der Waals surface area contributed by atoms with Gasteiger partial charge in [0.1, 0.15) is 11.3 Å². The van der Waals surface area contributed by atoms with E-state index in [9.17, 15) is 9.59 Å². The fourth-order valence-electron chi connectivity index (χ4n) is 4.75. The summed E-state index contributed by atoms with van der Waals surface area (Å²) in [7, 11) is 1.61. The molecule has 3 heterocycles. The van der Waals surface area contributed by atoms with E-state index in [2.05, 4.69) is 27.0 Å². The van der Waals surface area contributed by atoms with E-state index in [-0.39, 0.29) is 11.5 Å². The Kier molecular flexibility index (Phi) is 6.59. The topological polar surface area (TPSA) is 86.4 Å². The molecule has 0 spiro atoms. The summed E-state index contributed by atoms with van der Waals surface area (Å²) in [6.45, 7) is 3.63. The Morgan fingerprint density at radius 3 is 2.51 bits per heavy atom. The van der Waals surface area contributed by atoms with Gasteiger partial charge < -0.3 is 24.5 Å². The first-order chi connectivity index (χ1) is 17.0. The molecule has 0 atom stereocenters. The molecule has 182 valence electrons. The van der Waals surface area contributed by atoms with Gasteiger partial charge in [-0.2, -0.15) is 0 Å². The van der Waals surface area contributed by atoms with Crippen LogP contribution in [-0.4, -0.2) is 58.6 Å². The van der Waals surface area contributed by atoms with Crippen LogP contribution in [0.1, 0.15) is 19.3 Å². The lowest BCUT2D eigenvalue weighted by Crippen LogP contribution is -2.48. The van der Waals surface area contributed by atoms with Gasteiger partial charge in [-0.15, -0.1) is 0 Å². The number of amides is 1. The third-order valence-electron chi connectivity index (χ3n) is 6.72. The normalized spacial score (nSPS) is 14.1. The second-order valence-corrected chi connectivity index (χ2v) is 9.22. The van der Waals surface area contributed by atoms with Crippen LogP contribution >= 0.6 is 12.2 Å². The van der Waals surface area contributed by atoms with Crippen molar-refractivity contribution in [1.82, 2.24) is 19.4 Å². The van der Waals surface area contributed by atoms with Gasteiger partial charge in [-0.05, 0) is 55.4 Å². The fraction of sp³-hybridized carbons (Fsp3) is 0.346. The van der Waals surface area contributed by atoms with Gasteiger partial charge in [-0.3, -0.25) is 14.2 Å². The zero-order valence-electron chi connectivity index (χ0n) is 19.8. The standard InChI is InChI=1S/C26H29N5O3S/c1-34-19-10-11-21-20(17-19)23-24(27-21)25(33)31(26(35)28-23)12-6-5-9-22(32)30-15-13-29(14-16-30)18-7-3-2-4-8-18/h2-4,7-8,10-11,17,27H,5-6,9,12-16H2,1H3,(H,28,35). The Labute approximate surface area is 208 Å². The van der Waals surface area contributed by atoms with Gasteiger partial charge in [-0.25, -0.2) is 0 Å². The highest BCUT2D eigenvalue weighted by molar-refractivity contribution is 7.71.